The molecule has 1 aromatic carbocycles. The Morgan fingerprint density at radius 3 is 2.77 bits per heavy atom. The second-order valence-electron chi connectivity index (χ2n) is 4.50. The highest BCUT2D eigenvalue weighted by atomic mass is 35.5. The summed E-state index contributed by atoms with van der Waals surface area (Å²) in [7, 11) is 0. The number of benzene rings is 1. The van der Waals surface area contributed by atoms with Gasteiger partial charge in [-0.15, -0.1) is 10.2 Å². The molecule has 1 N–H and O–H groups in total. The Kier molecular flexibility index (Phi) is 6.60. The Balaban J connectivity index is 1.82. The summed E-state index contributed by atoms with van der Waals surface area (Å²) in [5, 5.41) is 11.5. The van der Waals surface area contributed by atoms with E-state index in [4.69, 9.17) is 16.0 Å². The zero-order valence-electron chi connectivity index (χ0n) is 12.2. The van der Waals surface area contributed by atoms with Crippen LogP contribution in [0.5, 0.6) is 0 Å². The van der Waals surface area contributed by atoms with Crippen molar-refractivity contribution in [1.29, 1.82) is 0 Å². The first-order valence-electron chi connectivity index (χ1n) is 6.58. The number of amides is 1. The molecule has 0 radical (unpaired) electrons. The summed E-state index contributed by atoms with van der Waals surface area (Å²) < 4.78 is 5.45. The minimum Gasteiger partial charge on any atom is -0.415 e. The van der Waals surface area contributed by atoms with Gasteiger partial charge >= 0.3 is 0 Å². The zero-order chi connectivity index (χ0) is 15.9. The summed E-state index contributed by atoms with van der Waals surface area (Å²) in [6.45, 7) is 2.27. The molecule has 8 heteroatoms. The van der Waals surface area contributed by atoms with Crippen molar-refractivity contribution in [2.75, 3.05) is 6.26 Å². The van der Waals surface area contributed by atoms with Crippen LogP contribution in [0.2, 0.25) is 5.02 Å². The van der Waals surface area contributed by atoms with Gasteiger partial charge < -0.3 is 9.73 Å². The summed E-state index contributed by atoms with van der Waals surface area (Å²) in [6, 6.07) is 7.36. The predicted octanol–water partition coefficient (Wildman–Crippen LogP) is 3.38. The molecule has 1 heterocycles. The summed E-state index contributed by atoms with van der Waals surface area (Å²) in [6.07, 6.45) is 1.96. The van der Waals surface area contributed by atoms with Gasteiger partial charge in [0.15, 0.2) is 0 Å². The predicted molar refractivity (Wildman–Crippen MR) is 90.1 cm³/mol. The van der Waals surface area contributed by atoms with Gasteiger partial charge in [-0.25, -0.2) is 0 Å². The standard InChI is InChI=1S/C14H16ClN3O2S2/c1-9(22-14-18-17-12(20-14)8-21-2)13(19)16-7-10-3-5-11(15)6-4-10/h3-6,9H,7-8H2,1-2H3,(H,16,19). The summed E-state index contributed by atoms with van der Waals surface area (Å²) >= 11 is 8.68. The number of rotatable bonds is 7. The molecule has 0 aliphatic rings. The van der Waals surface area contributed by atoms with Gasteiger partial charge in [-0.3, -0.25) is 4.79 Å². The van der Waals surface area contributed by atoms with E-state index in [1.165, 1.54) is 11.8 Å². The molecule has 0 aliphatic heterocycles. The van der Waals surface area contributed by atoms with Gasteiger partial charge in [0.25, 0.3) is 5.22 Å². The monoisotopic (exact) mass is 357 g/mol. The van der Waals surface area contributed by atoms with E-state index in [1.807, 2.05) is 18.4 Å². The zero-order valence-corrected chi connectivity index (χ0v) is 14.6. The third kappa shape index (κ3) is 5.23. The molecule has 0 saturated heterocycles. The van der Waals surface area contributed by atoms with Crippen molar-refractivity contribution >= 4 is 41.0 Å². The highest BCUT2D eigenvalue weighted by molar-refractivity contribution is 8.00. The van der Waals surface area contributed by atoms with Crippen molar-refractivity contribution in [1.82, 2.24) is 15.5 Å². The SMILES string of the molecule is CSCc1nnc(SC(C)C(=O)NCc2ccc(Cl)cc2)o1. The van der Waals surface area contributed by atoms with Crippen LogP contribution in [0.3, 0.4) is 0 Å². The fourth-order valence-electron chi connectivity index (χ4n) is 1.61. The Labute approximate surface area is 142 Å². The number of hydrogen-bond acceptors (Lipinski definition) is 6. The van der Waals surface area contributed by atoms with Gasteiger partial charge in [0.2, 0.25) is 11.8 Å². The first-order valence-corrected chi connectivity index (χ1v) is 9.23. The van der Waals surface area contributed by atoms with Crippen molar-refractivity contribution in [2.45, 2.75) is 29.7 Å². The topological polar surface area (TPSA) is 68.0 Å². The van der Waals surface area contributed by atoms with Crippen LogP contribution in [0.4, 0.5) is 0 Å². The molecule has 1 aromatic heterocycles. The van der Waals surface area contributed by atoms with Gasteiger partial charge in [0.05, 0.1) is 11.0 Å². The van der Waals surface area contributed by atoms with E-state index in [0.29, 0.717) is 28.4 Å². The van der Waals surface area contributed by atoms with Gasteiger partial charge in [-0.1, -0.05) is 35.5 Å². The molecule has 0 bridgehead atoms. The number of carbonyl (C=O) groups excluding carboxylic acids is 1. The van der Waals surface area contributed by atoms with Gasteiger partial charge in [0, 0.05) is 11.6 Å². The van der Waals surface area contributed by atoms with Crippen molar-refractivity contribution in [3.8, 4) is 0 Å². The van der Waals surface area contributed by atoms with Crippen LogP contribution in [0.25, 0.3) is 0 Å². The fourth-order valence-corrected chi connectivity index (χ4v) is 2.82. The third-order valence-corrected chi connectivity index (χ3v) is 4.46. The summed E-state index contributed by atoms with van der Waals surface area (Å²) in [4.78, 5) is 12.1. The Hall–Kier alpha value is -1.18. The molecule has 5 nitrogen and oxygen atoms in total. The highest BCUT2D eigenvalue weighted by Gasteiger charge is 2.18. The lowest BCUT2D eigenvalue weighted by Crippen LogP contribution is -2.30. The van der Waals surface area contributed by atoms with Crippen LogP contribution in [0.15, 0.2) is 33.9 Å². The Bertz CT molecular complexity index is 619. The molecule has 0 aliphatic carbocycles. The van der Waals surface area contributed by atoms with Gasteiger partial charge in [0.1, 0.15) is 0 Å². The summed E-state index contributed by atoms with van der Waals surface area (Å²) in [5.41, 5.74) is 0.995. The van der Waals surface area contributed by atoms with E-state index in [-0.39, 0.29) is 11.2 Å². The van der Waals surface area contributed by atoms with Crippen LogP contribution in [0, 0.1) is 0 Å². The Morgan fingerprint density at radius 1 is 1.36 bits per heavy atom. The molecule has 0 saturated carbocycles. The molecule has 22 heavy (non-hydrogen) atoms. The van der Waals surface area contributed by atoms with E-state index in [0.717, 1.165) is 5.56 Å². The molecule has 1 amide bonds. The van der Waals surface area contributed by atoms with Crippen LogP contribution in [0.1, 0.15) is 18.4 Å². The van der Waals surface area contributed by atoms with E-state index in [1.54, 1.807) is 30.8 Å². The summed E-state index contributed by atoms with van der Waals surface area (Å²) in [5.74, 6) is 1.17. The van der Waals surface area contributed by atoms with Crippen molar-refractivity contribution < 1.29 is 9.21 Å². The maximum atomic E-state index is 12.1. The largest absolute Gasteiger partial charge is 0.415 e. The molecular weight excluding hydrogens is 342 g/mol. The third-order valence-electron chi connectivity index (χ3n) is 2.74. The highest BCUT2D eigenvalue weighted by Crippen LogP contribution is 2.23. The fraction of sp³-hybridized carbons (Fsp3) is 0.357. The van der Waals surface area contributed by atoms with Gasteiger partial charge in [-0.05, 0) is 30.9 Å². The number of carbonyl (C=O) groups is 1. The number of thioether (sulfide) groups is 2. The van der Waals surface area contributed by atoms with Crippen molar-refractivity contribution in [3.05, 3.63) is 40.7 Å². The second kappa shape index (κ2) is 8.45. The first kappa shape index (κ1) is 17.2. The van der Waals surface area contributed by atoms with Gasteiger partial charge in [-0.2, -0.15) is 11.8 Å². The second-order valence-corrected chi connectivity index (χ2v) is 7.09. The number of halogens is 1. The maximum Gasteiger partial charge on any atom is 0.277 e. The first-order chi connectivity index (χ1) is 10.6. The van der Waals surface area contributed by atoms with Crippen LogP contribution < -0.4 is 5.32 Å². The molecule has 2 aromatic rings. The average Bonchev–Trinajstić information content (AvgIpc) is 2.94. The van der Waals surface area contributed by atoms with Crippen molar-refractivity contribution in [3.63, 3.8) is 0 Å². The molecule has 1 atom stereocenters. The van der Waals surface area contributed by atoms with E-state index in [2.05, 4.69) is 15.5 Å². The minimum atomic E-state index is -0.310. The van der Waals surface area contributed by atoms with Crippen LogP contribution in [-0.4, -0.2) is 27.6 Å². The number of nitrogens with zero attached hydrogens (tertiary/aromatic N) is 2. The maximum absolute atomic E-state index is 12.1. The molecule has 2 rings (SSSR count). The molecule has 0 spiro atoms. The lowest BCUT2D eigenvalue weighted by molar-refractivity contribution is -0.120. The smallest absolute Gasteiger partial charge is 0.277 e. The number of nitrogens with one attached hydrogen (secondary N) is 1. The normalized spacial score (nSPS) is 12.1. The lowest BCUT2D eigenvalue weighted by atomic mass is 10.2. The average molecular weight is 358 g/mol. The van der Waals surface area contributed by atoms with Crippen LogP contribution in [-0.2, 0) is 17.1 Å². The number of aromatic nitrogens is 2. The van der Waals surface area contributed by atoms with Crippen molar-refractivity contribution in [2.24, 2.45) is 0 Å². The Morgan fingerprint density at radius 2 is 2.09 bits per heavy atom. The molecule has 118 valence electrons. The van der Waals surface area contributed by atoms with Crippen LogP contribution >= 0.6 is 35.1 Å². The number of hydrogen-bond donors (Lipinski definition) is 1. The van der Waals surface area contributed by atoms with E-state index >= 15 is 0 Å². The van der Waals surface area contributed by atoms with E-state index < -0.39 is 0 Å². The molecule has 1 unspecified atom stereocenters. The molecule has 0 fully saturated rings. The molecular formula is C14H16ClN3O2S2. The lowest BCUT2D eigenvalue weighted by Gasteiger charge is -2.09. The quantitative estimate of drug-likeness (QED) is 0.766. The minimum absolute atomic E-state index is 0.0791. The van der Waals surface area contributed by atoms with E-state index in [9.17, 15) is 4.79 Å².